The Bertz CT molecular complexity index is 481. The number of carbonyl (C=O) groups is 1. The number of rotatable bonds is 4. The van der Waals surface area contributed by atoms with E-state index in [1.807, 2.05) is 19.4 Å². The lowest BCUT2D eigenvalue weighted by Crippen LogP contribution is -2.45. The number of piperidine rings is 1. The van der Waals surface area contributed by atoms with Crippen LogP contribution in [-0.4, -0.2) is 38.6 Å². The maximum absolute atomic E-state index is 11.4. The van der Waals surface area contributed by atoms with Crippen LogP contribution in [0.4, 0.5) is 0 Å². The van der Waals surface area contributed by atoms with Crippen molar-refractivity contribution >= 4 is 5.97 Å². The van der Waals surface area contributed by atoms with Crippen molar-refractivity contribution in [3.63, 3.8) is 0 Å². The van der Waals surface area contributed by atoms with Crippen LogP contribution < -0.4 is 0 Å². The lowest BCUT2D eigenvalue weighted by Gasteiger charge is -2.37. The van der Waals surface area contributed by atoms with Crippen molar-refractivity contribution in [3.8, 4) is 0 Å². The van der Waals surface area contributed by atoms with Gasteiger partial charge in [0, 0.05) is 25.3 Å². The van der Waals surface area contributed by atoms with E-state index in [1.165, 1.54) is 18.5 Å². The molecule has 1 N–H and O–H groups in total. The Morgan fingerprint density at radius 3 is 3.05 bits per heavy atom. The van der Waals surface area contributed by atoms with Gasteiger partial charge in [-0.25, -0.2) is 4.98 Å². The van der Waals surface area contributed by atoms with E-state index in [4.69, 9.17) is 0 Å². The highest BCUT2D eigenvalue weighted by molar-refractivity contribution is 5.74. The van der Waals surface area contributed by atoms with Gasteiger partial charge in [0.2, 0.25) is 0 Å². The van der Waals surface area contributed by atoms with E-state index in [1.54, 1.807) is 0 Å². The molecule has 19 heavy (non-hydrogen) atoms. The van der Waals surface area contributed by atoms with Gasteiger partial charge in [-0.1, -0.05) is 0 Å². The van der Waals surface area contributed by atoms with Gasteiger partial charge >= 0.3 is 5.97 Å². The Morgan fingerprint density at radius 1 is 1.58 bits per heavy atom. The molecule has 0 amide bonds. The van der Waals surface area contributed by atoms with Crippen LogP contribution in [0.2, 0.25) is 0 Å². The minimum Gasteiger partial charge on any atom is -0.481 e. The van der Waals surface area contributed by atoms with Gasteiger partial charge in [-0.05, 0) is 39.2 Å². The summed E-state index contributed by atoms with van der Waals surface area (Å²) in [5.41, 5.74) is 0.625. The SMILES string of the molecule is CC1(C(=O)O)CCCN(Cc2cncn2C2CC2)C1. The molecule has 3 rings (SSSR count). The van der Waals surface area contributed by atoms with Crippen LogP contribution in [-0.2, 0) is 11.3 Å². The Hall–Kier alpha value is -1.36. The summed E-state index contributed by atoms with van der Waals surface area (Å²) < 4.78 is 2.26. The first-order chi connectivity index (χ1) is 9.08. The van der Waals surface area contributed by atoms with E-state index in [0.29, 0.717) is 12.6 Å². The van der Waals surface area contributed by atoms with Crippen molar-refractivity contribution in [2.75, 3.05) is 13.1 Å². The number of hydrogen-bond donors (Lipinski definition) is 1. The molecule has 1 aromatic rings. The number of imidazole rings is 1. The Kier molecular flexibility index (Phi) is 3.09. The molecule has 0 aromatic carbocycles. The first-order valence-corrected chi connectivity index (χ1v) is 7.05. The topological polar surface area (TPSA) is 58.4 Å². The Labute approximate surface area is 113 Å². The van der Waals surface area contributed by atoms with Gasteiger partial charge in [-0.3, -0.25) is 9.69 Å². The molecule has 1 saturated heterocycles. The maximum Gasteiger partial charge on any atom is 0.310 e. The first-order valence-electron chi connectivity index (χ1n) is 7.05. The highest BCUT2D eigenvalue weighted by Gasteiger charge is 2.38. The summed E-state index contributed by atoms with van der Waals surface area (Å²) in [4.78, 5) is 17.9. The summed E-state index contributed by atoms with van der Waals surface area (Å²) >= 11 is 0. The van der Waals surface area contributed by atoms with Gasteiger partial charge in [0.1, 0.15) is 0 Å². The zero-order valence-corrected chi connectivity index (χ0v) is 11.4. The number of nitrogens with zero attached hydrogens (tertiary/aromatic N) is 3. The molecule has 0 bridgehead atoms. The summed E-state index contributed by atoms with van der Waals surface area (Å²) in [7, 11) is 0. The van der Waals surface area contributed by atoms with Crippen molar-refractivity contribution in [3.05, 3.63) is 18.2 Å². The van der Waals surface area contributed by atoms with E-state index in [0.717, 1.165) is 25.9 Å². The van der Waals surface area contributed by atoms with Crippen LogP contribution in [0, 0.1) is 5.41 Å². The molecule has 5 nitrogen and oxygen atoms in total. The van der Waals surface area contributed by atoms with E-state index < -0.39 is 11.4 Å². The number of carboxylic acid groups (broad SMARTS) is 1. The average Bonchev–Trinajstić information content (AvgIpc) is 3.11. The molecular weight excluding hydrogens is 242 g/mol. The van der Waals surface area contributed by atoms with E-state index in [2.05, 4.69) is 14.5 Å². The molecule has 0 spiro atoms. The van der Waals surface area contributed by atoms with Crippen molar-refractivity contribution in [1.82, 2.24) is 14.5 Å². The minimum absolute atomic E-state index is 0.595. The molecule has 2 fully saturated rings. The highest BCUT2D eigenvalue weighted by atomic mass is 16.4. The highest BCUT2D eigenvalue weighted by Crippen LogP contribution is 2.36. The number of likely N-dealkylation sites (tertiary alicyclic amines) is 1. The summed E-state index contributed by atoms with van der Waals surface area (Å²) in [6.07, 6.45) is 8.06. The minimum atomic E-state index is -0.673. The van der Waals surface area contributed by atoms with Crippen molar-refractivity contribution in [1.29, 1.82) is 0 Å². The van der Waals surface area contributed by atoms with Crippen LogP contribution in [0.5, 0.6) is 0 Å². The second-order valence-corrected chi connectivity index (χ2v) is 6.20. The van der Waals surface area contributed by atoms with Gasteiger partial charge in [0.15, 0.2) is 0 Å². The van der Waals surface area contributed by atoms with Crippen LogP contribution in [0.1, 0.15) is 44.3 Å². The standard InChI is InChI=1S/C14H21N3O2/c1-14(13(18)19)5-2-6-16(9-14)8-12-7-15-10-17(12)11-3-4-11/h7,10-11H,2-6,8-9H2,1H3,(H,18,19). The number of hydrogen-bond acceptors (Lipinski definition) is 3. The number of aromatic nitrogens is 2. The lowest BCUT2D eigenvalue weighted by atomic mass is 9.82. The number of carboxylic acids is 1. The quantitative estimate of drug-likeness (QED) is 0.901. The zero-order chi connectivity index (χ0) is 13.5. The predicted molar refractivity (Wildman–Crippen MR) is 70.8 cm³/mol. The van der Waals surface area contributed by atoms with Gasteiger partial charge in [0.25, 0.3) is 0 Å². The normalized spacial score (nSPS) is 28.5. The monoisotopic (exact) mass is 263 g/mol. The fourth-order valence-electron chi connectivity index (χ4n) is 3.02. The van der Waals surface area contributed by atoms with Gasteiger partial charge in [0.05, 0.1) is 17.4 Å². The third-order valence-corrected chi connectivity index (χ3v) is 4.36. The second-order valence-electron chi connectivity index (χ2n) is 6.20. The first kappa shape index (κ1) is 12.7. The summed E-state index contributed by atoms with van der Waals surface area (Å²) in [5.74, 6) is -0.673. The fraction of sp³-hybridized carbons (Fsp3) is 0.714. The van der Waals surface area contributed by atoms with Gasteiger partial charge in [-0.2, -0.15) is 0 Å². The van der Waals surface area contributed by atoms with Gasteiger partial charge in [-0.15, -0.1) is 0 Å². The van der Waals surface area contributed by atoms with Crippen molar-refractivity contribution < 1.29 is 9.90 Å². The van der Waals surface area contributed by atoms with Crippen LogP contribution in [0.15, 0.2) is 12.5 Å². The molecule has 1 aliphatic carbocycles. The molecule has 1 aliphatic heterocycles. The van der Waals surface area contributed by atoms with E-state index in [-0.39, 0.29) is 0 Å². The molecular formula is C14H21N3O2. The fourth-order valence-corrected chi connectivity index (χ4v) is 3.02. The molecule has 5 heteroatoms. The van der Waals surface area contributed by atoms with E-state index in [9.17, 15) is 9.90 Å². The molecule has 0 radical (unpaired) electrons. The molecule has 1 unspecified atom stereocenters. The maximum atomic E-state index is 11.4. The van der Waals surface area contributed by atoms with Crippen LogP contribution in [0.3, 0.4) is 0 Å². The second kappa shape index (κ2) is 4.63. The van der Waals surface area contributed by atoms with E-state index >= 15 is 0 Å². The average molecular weight is 263 g/mol. The lowest BCUT2D eigenvalue weighted by molar-refractivity contribution is -0.151. The summed E-state index contributed by atoms with van der Waals surface area (Å²) in [6, 6.07) is 0.633. The van der Waals surface area contributed by atoms with Crippen LogP contribution >= 0.6 is 0 Å². The Balaban J connectivity index is 1.69. The molecule has 1 saturated carbocycles. The molecule has 2 aliphatic rings. The molecule has 2 heterocycles. The summed E-state index contributed by atoms with van der Waals surface area (Å²) in [6.45, 7) is 4.30. The van der Waals surface area contributed by atoms with Gasteiger partial charge < -0.3 is 9.67 Å². The largest absolute Gasteiger partial charge is 0.481 e. The molecule has 1 atom stereocenters. The molecule has 1 aromatic heterocycles. The Morgan fingerprint density at radius 2 is 2.37 bits per heavy atom. The van der Waals surface area contributed by atoms with Crippen molar-refractivity contribution in [2.45, 2.75) is 45.2 Å². The summed E-state index contributed by atoms with van der Waals surface area (Å²) in [5, 5.41) is 9.35. The predicted octanol–water partition coefficient (Wildman–Crippen LogP) is 1.90. The third kappa shape index (κ3) is 2.52. The third-order valence-electron chi connectivity index (χ3n) is 4.36. The number of aliphatic carboxylic acids is 1. The zero-order valence-electron chi connectivity index (χ0n) is 11.4. The van der Waals surface area contributed by atoms with Crippen molar-refractivity contribution in [2.24, 2.45) is 5.41 Å². The smallest absolute Gasteiger partial charge is 0.310 e. The molecule has 104 valence electrons. The van der Waals surface area contributed by atoms with Crippen LogP contribution in [0.25, 0.3) is 0 Å².